The smallest absolute Gasteiger partial charge is 0.118 e. The molecule has 0 heterocycles. The van der Waals surface area contributed by atoms with E-state index in [4.69, 9.17) is 28.6 Å². The van der Waals surface area contributed by atoms with Crippen LogP contribution in [0.3, 0.4) is 0 Å². The van der Waals surface area contributed by atoms with Gasteiger partial charge in [0.1, 0.15) is 5.75 Å². The van der Waals surface area contributed by atoms with E-state index in [0.29, 0.717) is 5.02 Å². The van der Waals surface area contributed by atoms with Gasteiger partial charge in [-0.3, -0.25) is 0 Å². The van der Waals surface area contributed by atoms with Gasteiger partial charge in [-0.15, -0.1) is 11.8 Å². The predicted octanol–water partition coefficient (Wildman–Crippen LogP) is 5.38. The molecular weight excluding hydrogens is 334 g/mol. The fourth-order valence-electron chi connectivity index (χ4n) is 1.78. The summed E-state index contributed by atoms with van der Waals surface area (Å²) in [5, 5.41) is 5.02. The molecule has 22 heavy (non-hydrogen) atoms. The lowest BCUT2D eigenvalue weighted by Gasteiger charge is -2.09. The molecule has 0 aromatic heterocycles. The van der Waals surface area contributed by atoms with E-state index >= 15 is 0 Å². The summed E-state index contributed by atoms with van der Waals surface area (Å²) in [6, 6.07) is 15.3. The molecule has 0 amide bonds. The van der Waals surface area contributed by atoms with Crippen LogP contribution in [0.1, 0.15) is 5.56 Å². The first-order valence-corrected chi connectivity index (χ1v) is 8.60. The standard InChI is InChI=1S/C17H16ClNOS2/c1-20-15-9-3-12(4-10-15)16(21)11-17(22-2)19-14-7-5-13(18)6-8-14/h3-11,19H,1-2H3/b17-11+. The van der Waals surface area contributed by atoms with Crippen LogP contribution in [0.5, 0.6) is 5.75 Å². The lowest BCUT2D eigenvalue weighted by atomic mass is 10.1. The maximum Gasteiger partial charge on any atom is 0.118 e. The molecule has 0 unspecified atom stereocenters. The number of benzene rings is 2. The zero-order valence-corrected chi connectivity index (χ0v) is 14.7. The van der Waals surface area contributed by atoms with Gasteiger partial charge in [-0.1, -0.05) is 23.8 Å². The second-order valence-electron chi connectivity index (χ2n) is 4.44. The molecule has 0 saturated heterocycles. The molecule has 0 aliphatic carbocycles. The van der Waals surface area contributed by atoms with Crippen LogP contribution in [-0.2, 0) is 0 Å². The summed E-state index contributed by atoms with van der Waals surface area (Å²) in [4.78, 5) is 0.772. The summed E-state index contributed by atoms with van der Waals surface area (Å²) < 4.78 is 5.15. The number of rotatable bonds is 6. The molecule has 2 aromatic rings. The molecule has 0 fully saturated rings. The Morgan fingerprint density at radius 2 is 1.77 bits per heavy atom. The first kappa shape index (κ1) is 16.9. The Morgan fingerprint density at radius 3 is 2.32 bits per heavy atom. The third-order valence-electron chi connectivity index (χ3n) is 2.97. The van der Waals surface area contributed by atoms with Crippen molar-refractivity contribution >= 4 is 46.1 Å². The minimum Gasteiger partial charge on any atom is -0.497 e. The number of nitrogens with one attached hydrogen (secondary N) is 1. The summed E-state index contributed by atoms with van der Waals surface area (Å²) >= 11 is 13.0. The quantitative estimate of drug-likeness (QED) is 0.429. The molecule has 2 aromatic carbocycles. The second kappa shape index (κ2) is 8.22. The Hall–Kier alpha value is -1.49. The average Bonchev–Trinajstić information content (AvgIpc) is 2.56. The highest BCUT2D eigenvalue weighted by atomic mass is 35.5. The molecule has 0 spiro atoms. The second-order valence-corrected chi connectivity index (χ2v) is 6.16. The maximum atomic E-state index is 5.89. The summed E-state index contributed by atoms with van der Waals surface area (Å²) in [5.74, 6) is 0.819. The molecule has 5 heteroatoms. The van der Waals surface area contributed by atoms with Gasteiger partial charge in [-0.2, -0.15) is 0 Å². The van der Waals surface area contributed by atoms with Crippen molar-refractivity contribution in [3.63, 3.8) is 0 Å². The van der Waals surface area contributed by atoms with E-state index in [9.17, 15) is 0 Å². The van der Waals surface area contributed by atoms with Gasteiger partial charge in [0.05, 0.1) is 12.1 Å². The van der Waals surface area contributed by atoms with Gasteiger partial charge in [0.15, 0.2) is 0 Å². The van der Waals surface area contributed by atoms with E-state index in [2.05, 4.69) is 5.32 Å². The topological polar surface area (TPSA) is 21.3 Å². The first-order valence-electron chi connectivity index (χ1n) is 6.59. The van der Waals surface area contributed by atoms with Gasteiger partial charge >= 0.3 is 0 Å². The largest absolute Gasteiger partial charge is 0.497 e. The van der Waals surface area contributed by atoms with Gasteiger partial charge in [0.25, 0.3) is 0 Å². The Labute approximate surface area is 145 Å². The number of methoxy groups -OCH3 is 1. The van der Waals surface area contributed by atoms with Crippen molar-refractivity contribution < 1.29 is 4.74 Å². The fourth-order valence-corrected chi connectivity index (χ4v) is 2.69. The van der Waals surface area contributed by atoms with Gasteiger partial charge in [0.2, 0.25) is 0 Å². The van der Waals surface area contributed by atoms with Crippen molar-refractivity contribution in [2.75, 3.05) is 18.7 Å². The van der Waals surface area contributed by atoms with Crippen LogP contribution < -0.4 is 10.1 Å². The number of hydrogen-bond acceptors (Lipinski definition) is 4. The SMILES string of the molecule is COc1ccc(C(=S)/C=C(\Nc2ccc(Cl)cc2)SC)cc1. The highest BCUT2D eigenvalue weighted by Gasteiger charge is 2.03. The van der Waals surface area contributed by atoms with Gasteiger partial charge in [-0.25, -0.2) is 0 Å². The lowest BCUT2D eigenvalue weighted by molar-refractivity contribution is 0.415. The Morgan fingerprint density at radius 1 is 1.14 bits per heavy atom. The predicted molar refractivity (Wildman–Crippen MR) is 101 cm³/mol. The first-order chi connectivity index (χ1) is 10.6. The van der Waals surface area contributed by atoms with Crippen LogP contribution in [0, 0.1) is 0 Å². The van der Waals surface area contributed by atoms with E-state index < -0.39 is 0 Å². The zero-order valence-electron chi connectivity index (χ0n) is 12.3. The van der Waals surface area contributed by atoms with E-state index in [1.807, 2.05) is 60.9 Å². The molecule has 0 radical (unpaired) electrons. The normalized spacial score (nSPS) is 11.1. The van der Waals surface area contributed by atoms with Crippen molar-refractivity contribution in [3.05, 3.63) is 70.2 Å². The third kappa shape index (κ3) is 4.77. The van der Waals surface area contributed by atoms with Crippen LogP contribution in [0.15, 0.2) is 59.6 Å². The minimum absolute atomic E-state index is 0.717. The lowest BCUT2D eigenvalue weighted by Crippen LogP contribution is -2.00. The number of hydrogen-bond donors (Lipinski definition) is 1. The van der Waals surface area contributed by atoms with Gasteiger partial charge in [0, 0.05) is 15.6 Å². The number of ether oxygens (including phenoxy) is 1. The molecule has 0 saturated carbocycles. The van der Waals surface area contributed by atoms with Crippen molar-refractivity contribution in [2.45, 2.75) is 0 Å². The van der Waals surface area contributed by atoms with Crippen LogP contribution in [-0.4, -0.2) is 18.2 Å². The monoisotopic (exact) mass is 349 g/mol. The summed E-state index contributed by atoms with van der Waals surface area (Å²) in [7, 11) is 1.65. The van der Waals surface area contributed by atoms with Crippen LogP contribution >= 0.6 is 35.6 Å². The van der Waals surface area contributed by atoms with E-state index in [1.54, 1.807) is 18.9 Å². The molecular formula is C17H16ClNOS2. The number of allylic oxidation sites excluding steroid dienone is 1. The van der Waals surface area contributed by atoms with Crippen LogP contribution in [0.4, 0.5) is 5.69 Å². The molecule has 114 valence electrons. The summed E-state index contributed by atoms with van der Waals surface area (Å²) in [6.45, 7) is 0. The Bertz CT molecular complexity index is 666. The summed E-state index contributed by atoms with van der Waals surface area (Å²) in [6.07, 6.45) is 3.96. The number of anilines is 1. The summed E-state index contributed by atoms with van der Waals surface area (Å²) in [5.41, 5.74) is 1.96. The van der Waals surface area contributed by atoms with Crippen LogP contribution in [0.2, 0.25) is 5.02 Å². The molecule has 0 aliphatic rings. The van der Waals surface area contributed by atoms with Crippen molar-refractivity contribution in [3.8, 4) is 5.75 Å². The molecule has 0 bridgehead atoms. The highest BCUT2D eigenvalue weighted by Crippen LogP contribution is 2.21. The van der Waals surface area contributed by atoms with E-state index in [1.165, 1.54) is 0 Å². The average molecular weight is 350 g/mol. The van der Waals surface area contributed by atoms with Crippen LogP contribution in [0.25, 0.3) is 0 Å². The van der Waals surface area contributed by atoms with Crippen molar-refractivity contribution in [1.82, 2.24) is 0 Å². The number of thioether (sulfide) groups is 1. The third-order valence-corrected chi connectivity index (χ3v) is 4.23. The number of thiocarbonyl (C=S) groups is 1. The Balaban J connectivity index is 2.12. The van der Waals surface area contributed by atoms with E-state index in [-0.39, 0.29) is 0 Å². The molecule has 0 aliphatic heterocycles. The minimum atomic E-state index is 0.717. The van der Waals surface area contributed by atoms with Crippen molar-refractivity contribution in [2.24, 2.45) is 0 Å². The molecule has 2 nitrogen and oxygen atoms in total. The van der Waals surface area contributed by atoms with Gasteiger partial charge in [-0.05, 0) is 66.4 Å². The van der Waals surface area contributed by atoms with Crippen molar-refractivity contribution in [1.29, 1.82) is 0 Å². The fraction of sp³-hybridized carbons (Fsp3) is 0.118. The molecule has 2 rings (SSSR count). The molecule has 1 N–H and O–H groups in total. The zero-order chi connectivity index (χ0) is 15.9. The number of halogens is 1. The highest BCUT2D eigenvalue weighted by molar-refractivity contribution is 8.02. The Kier molecular flexibility index (Phi) is 6.31. The van der Waals surface area contributed by atoms with E-state index in [0.717, 1.165) is 26.9 Å². The maximum absolute atomic E-state index is 5.89. The molecule has 0 atom stereocenters. The van der Waals surface area contributed by atoms with Gasteiger partial charge < -0.3 is 10.1 Å².